The van der Waals surface area contributed by atoms with E-state index in [0.29, 0.717) is 15.7 Å². The van der Waals surface area contributed by atoms with Gasteiger partial charge in [-0.2, -0.15) is 0 Å². The third-order valence-corrected chi connectivity index (χ3v) is 3.26. The van der Waals surface area contributed by atoms with Gasteiger partial charge in [-0.1, -0.05) is 23.2 Å². The molecule has 0 fully saturated rings. The first kappa shape index (κ1) is 15.1. The summed E-state index contributed by atoms with van der Waals surface area (Å²) in [4.78, 5) is 13.9. The zero-order valence-corrected chi connectivity index (χ0v) is 12.5. The average Bonchev–Trinajstić information content (AvgIpc) is 2.22. The molecule has 0 heterocycles. The molecule has 0 saturated carbocycles. The minimum Gasteiger partial charge on any atom is -0.320 e. The van der Waals surface area contributed by atoms with E-state index in [1.165, 1.54) is 0 Å². The van der Waals surface area contributed by atoms with Gasteiger partial charge in [0, 0.05) is 17.8 Å². The van der Waals surface area contributed by atoms with E-state index in [9.17, 15) is 4.79 Å². The Hall–Kier alpha value is -0.930. The Kier molecular flexibility index (Phi) is 5.29. The summed E-state index contributed by atoms with van der Waals surface area (Å²) < 4.78 is 0. The van der Waals surface area contributed by atoms with Gasteiger partial charge in [0.1, 0.15) is 0 Å². The van der Waals surface area contributed by atoms with Gasteiger partial charge in [-0.3, -0.25) is 0 Å². The Balaban J connectivity index is 2.82. The van der Waals surface area contributed by atoms with Gasteiger partial charge in [-0.15, -0.1) is 0 Å². The van der Waals surface area contributed by atoms with Crippen LogP contribution in [0.4, 0.5) is 10.5 Å². The number of hydrogen-bond donors (Lipinski definition) is 1. The summed E-state index contributed by atoms with van der Waals surface area (Å²) in [5.74, 6) is 0. The van der Waals surface area contributed by atoms with Crippen molar-refractivity contribution in [3.8, 4) is 0 Å². The molecule has 1 N–H and O–H groups in total. The van der Waals surface area contributed by atoms with Crippen LogP contribution in [-0.2, 0) is 0 Å². The third kappa shape index (κ3) is 3.79. The van der Waals surface area contributed by atoms with E-state index in [-0.39, 0.29) is 18.1 Å². The van der Waals surface area contributed by atoms with E-state index in [1.54, 1.807) is 23.1 Å². The molecule has 0 aromatic heterocycles. The molecular formula is C13H18Cl2N2O. The van der Waals surface area contributed by atoms with Crippen LogP contribution < -0.4 is 5.32 Å². The number of benzene rings is 1. The molecule has 1 aromatic carbocycles. The molecule has 3 nitrogen and oxygen atoms in total. The predicted molar refractivity (Wildman–Crippen MR) is 77.6 cm³/mol. The molecule has 0 spiro atoms. The van der Waals surface area contributed by atoms with E-state index < -0.39 is 0 Å². The molecular weight excluding hydrogens is 271 g/mol. The second kappa shape index (κ2) is 6.30. The molecule has 2 amide bonds. The summed E-state index contributed by atoms with van der Waals surface area (Å²) in [5, 5.41) is 3.71. The van der Waals surface area contributed by atoms with Crippen molar-refractivity contribution in [1.82, 2.24) is 4.90 Å². The van der Waals surface area contributed by atoms with E-state index in [1.807, 2.05) is 27.7 Å². The van der Waals surface area contributed by atoms with Gasteiger partial charge in [-0.05, 0) is 45.9 Å². The molecule has 0 aliphatic rings. The quantitative estimate of drug-likeness (QED) is 0.863. The maximum Gasteiger partial charge on any atom is 0.322 e. The molecule has 0 radical (unpaired) electrons. The number of nitrogens with one attached hydrogen (secondary N) is 1. The fraction of sp³-hybridized carbons (Fsp3) is 0.462. The van der Waals surface area contributed by atoms with Crippen LogP contribution in [0, 0.1) is 0 Å². The molecule has 1 rings (SSSR count). The average molecular weight is 289 g/mol. The highest BCUT2D eigenvalue weighted by molar-refractivity contribution is 6.42. The van der Waals surface area contributed by atoms with Crippen molar-refractivity contribution >= 4 is 34.9 Å². The van der Waals surface area contributed by atoms with Gasteiger partial charge in [0.25, 0.3) is 0 Å². The minimum absolute atomic E-state index is 0.132. The third-order valence-electron chi connectivity index (χ3n) is 2.52. The summed E-state index contributed by atoms with van der Waals surface area (Å²) >= 11 is 11.7. The topological polar surface area (TPSA) is 32.3 Å². The van der Waals surface area contributed by atoms with E-state index in [0.717, 1.165) is 0 Å². The number of amides is 2. The zero-order chi connectivity index (χ0) is 13.9. The molecule has 0 bridgehead atoms. The predicted octanol–water partition coefficient (Wildman–Crippen LogP) is 4.64. The van der Waals surface area contributed by atoms with Gasteiger partial charge in [0.05, 0.1) is 10.0 Å². The highest BCUT2D eigenvalue weighted by atomic mass is 35.5. The summed E-state index contributed by atoms with van der Waals surface area (Å²) in [5.41, 5.74) is 0.640. The van der Waals surface area contributed by atoms with Crippen LogP contribution in [0.1, 0.15) is 27.7 Å². The van der Waals surface area contributed by atoms with Crippen molar-refractivity contribution in [2.75, 3.05) is 5.32 Å². The molecule has 5 heteroatoms. The molecule has 18 heavy (non-hydrogen) atoms. The first-order chi connectivity index (χ1) is 8.32. The lowest BCUT2D eigenvalue weighted by atomic mass is 10.2. The van der Waals surface area contributed by atoms with E-state index in [2.05, 4.69) is 5.32 Å². The second-order valence-electron chi connectivity index (χ2n) is 4.65. The van der Waals surface area contributed by atoms with Crippen molar-refractivity contribution < 1.29 is 4.79 Å². The van der Waals surface area contributed by atoms with Crippen LogP contribution in [0.25, 0.3) is 0 Å². The van der Waals surface area contributed by atoms with Crippen LogP contribution in [0.15, 0.2) is 18.2 Å². The SMILES string of the molecule is CC(C)N(C(=O)Nc1ccc(Cl)c(Cl)c1)C(C)C. The fourth-order valence-electron chi connectivity index (χ4n) is 1.83. The van der Waals surface area contributed by atoms with Gasteiger partial charge in [-0.25, -0.2) is 4.79 Å². The van der Waals surface area contributed by atoms with Crippen molar-refractivity contribution in [3.05, 3.63) is 28.2 Å². The van der Waals surface area contributed by atoms with E-state index in [4.69, 9.17) is 23.2 Å². The Morgan fingerprint density at radius 3 is 2.11 bits per heavy atom. The Morgan fingerprint density at radius 2 is 1.67 bits per heavy atom. The van der Waals surface area contributed by atoms with Crippen LogP contribution in [0.2, 0.25) is 10.0 Å². The number of nitrogens with zero attached hydrogens (tertiary/aromatic N) is 1. The largest absolute Gasteiger partial charge is 0.322 e. The highest BCUT2D eigenvalue weighted by Gasteiger charge is 2.20. The van der Waals surface area contributed by atoms with E-state index >= 15 is 0 Å². The van der Waals surface area contributed by atoms with Gasteiger partial charge < -0.3 is 10.2 Å². The lowest BCUT2D eigenvalue weighted by Gasteiger charge is -2.30. The molecule has 100 valence electrons. The Labute approximate surface area is 118 Å². The lowest BCUT2D eigenvalue weighted by molar-refractivity contribution is 0.178. The molecule has 0 unspecified atom stereocenters. The standard InChI is InChI=1S/C13H18Cl2N2O/c1-8(2)17(9(3)4)13(18)16-10-5-6-11(14)12(15)7-10/h5-9H,1-4H3,(H,16,18). The molecule has 1 aromatic rings. The fourth-order valence-corrected chi connectivity index (χ4v) is 2.13. The molecule has 0 aliphatic carbocycles. The number of carbonyl (C=O) groups is 1. The van der Waals surface area contributed by atoms with Crippen LogP contribution in [0.5, 0.6) is 0 Å². The van der Waals surface area contributed by atoms with Crippen molar-refractivity contribution in [2.45, 2.75) is 39.8 Å². The molecule has 0 aliphatic heterocycles. The number of carbonyl (C=O) groups excluding carboxylic acids is 1. The summed E-state index contributed by atoms with van der Waals surface area (Å²) in [6, 6.07) is 5.15. The maximum absolute atomic E-state index is 12.1. The number of hydrogen-bond acceptors (Lipinski definition) is 1. The lowest BCUT2D eigenvalue weighted by Crippen LogP contribution is -2.44. The van der Waals surface area contributed by atoms with Crippen LogP contribution in [0.3, 0.4) is 0 Å². The van der Waals surface area contributed by atoms with Crippen molar-refractivity contribution in [2.24, 2.45) is 0 Å². The van der Waals surface area contributed by atoms with Crippen molar-refractivity contribution in [3.63, 3.8) is 0 Å². The number of urea groups is 1. The smallest absolute Gasteiger partial charge is 0.320 e. The Morgan fingerprint density at radius 1 is 1.11 bits per heavy atom. The van der Waals surface area contributed by atoms with Gasteiger partial charge in [0.2, 0.25) is 0 Å². The molecule has 0 atom stereocenters. The summed E-state index contributed by atoms with van der Waals surface area (Å²) in [6.07, 6.45) is 0. The number of halogens is 2. The maximum atomic E-state index is 12.1. The monoisotopic (exact) mass is 288 g/mol. The van der Waals surface area contributed by atoms with Crippen LogP contribution in [-0.4, -0.2) is 23.0 Å². The minimum atomic E-state index is -0.140. The summed E-state index contributed by atoms with van der Waals surface area (Å²) in [7, 11) is 0. The first-order valence-electron chi connectivity index (χ1n) is 5.87. The van der Waals surface area contributed by atoms with Gasteiger partial charge >= 0.3 is 6.03 Å². The zero-order valence-electron chi connectivity index (χ0n) is 11.0. The number of anilines is 1. The van der Waals surface area contributed by atoms with Crippen LogP contribution >= 0.6 is 23.2 Å². The summed E-state index contributed by atoms with van der Waals surface area (Å²) in [6.45, 7) is 7.92. The first-order valence-corrected chi connectivity index (χ1v) is 6.63. The second-order valence-corrected chi connectivity index (χ2v) is 5.47. The van der Waals surface area contributed by atoms with Gasteiger partial charge in [0.15, 0.2) is 0 Å². The van der Waals surface area contributed by atoms with Crippen molar-refractivity contribution in [1.29, 1.82) is 0 Å². The molecule has 0 saturated heterocycles. The highest BCUT2D eigenvalue weighted by Crippen LogP contribution is 2.25. The Bertz CT molecular complexity index is 425. The normalized spacial score (nSPS) is 10.9. The number of rotatable bonds is 3.